The van der Waals surface area contributed by atoms with Crippen LogP contribution in [0.4, 0.5) is 0 Å². The largest absolute Gasteiger partial charge is 0.481 e. The molecule has 0 aromatic carbocycles. The quantitative estimate of drug-likeness (QED) is 0.688. The van der Waals surface area contributed by atoms with Crippen molar-refractivity contribution in [1.29, 1.82) is 0 Å². The Hall–Kier alpha value is -2.10. The van der Waals surface area contributed by atoms with Gasteiger partial charge in [0.25, 0.3) is 0 Å². The van der Waals surface area contributed by atoms with Gasteiger partial charge in [-0.05, 0) is 37.0 Å². The highest BCUT2D eigenvalue weighted by Gasteiger charge is 2.45. The Morgan fingerprint density at radius 2 is 2.04 bits per heavy atom. The fourth-order valence-electron chi connectivity index (χ4n) is 4.54. The molecular formula is C22H29NO3. The van der Waals surface area contributed by atoms with Gasteiger partial charge in [0.1, 0.15) is 0 Å². The van der Waals surface area contributed by atoms with Crippen LogP contribution in [-0.2, 0) is 9.59 Å². The van der Waals surface area contributed by atoms with Crippen molar-refractivity contribution in [2.45, 2.75) is 58.3 Å². The predicted molar refractivity (Wildman–Crippen MR) is 103 cm³/mol. The second kappa shape index (κ2) is 8.07. The van der Waals surface area contributed by atoms with E-state index in [9.17, 15) is 14.7 Å². The molecule has 1 atom stereocenters. The number of aliphatic carboxylic acids is 1. The van der Waals surface area contributed by atoms with Crippen molar-refractivity contribution in [1.82, 2.24) is 4.90 Å². The molecule has 0 fully saturated rings. The summed E-state index contributed by atoms with van der Waals surface area (Å²) in [5.41, 5.74) is 2.94. The number of nitrogens with zero attached hydrogens (tertiary/aromatic N) is 1. The van der Waals surface area contributed by atoms with Gasteiger partial charge in [-0.1, -0.05) is 50.0 Å². The van der Waals surface area contributed by atoms with Crippen molar-refractivity contribution in [2.75, 3.05) is 13.1 Å². The Balaban J connectivity index is 1.92. The first kappa shape index (κ1) is 18.7. The minimum absolute atomic E-state index is 0.0488. The van der Waals surface area contributed by atoms with Gasteiger partial charge in [0.15, 0.2) is 5.78 Å². The maximum atomic E-state index is 12.3. The lowest BCUT2D eigenvalue weighted by Crippen LogP contribution is -2.40. The van der Waals surface area contributed by atoms with E-state index in [2.05, 4.69) is 24.0 Å². The standard InChI is InChI=1S/C22H29NO3/c1-2-3-4-5-12-23-13-6-7-18-9-10-19(24)16-22(18)15-17(14-21(25)26)8-11-20(22)23/h7-11H,2-6,12-16H2,1H3,(H,25,26). The van der Waals surface area contributed by atoms with Crippen molar-refractivity contribution >= 4 is 11.8 Å². The lowest BCUT2D eigenvalue weighted by Gasteiger charge is -2.44. The summed E-state index contributed by atoms with van der Waals surface area (Å²) >= 11 is 0. The number of carbonyl (C=O) groups excluding carboxylic acids is 1. The zero-order valence-electron chi connectivity index (χ0n) is 15.7. The first-order chi connectivity index (χ1) is 12.5. The molecular weight excluding hydrogens is 326 g/mol. The van der Waals surface area contributed by atoms with Crippen molar-refractivity contribution in [3.8, 4) is 0 Å². The number of carbonyl (C=O) groups is 2. The maximum absolute atomic E-state index is 12.3. The van der Waals surface area contributed by atoms with E-state index in [1.807, 2.05) is 12.2 Å². The summed E-state index contributed by atoms with van der Waals surface area (Å²) < 4.78 is 0. The summed E-state index contributed by atoms with van der Waals surface area (Å²) in [5, 5.41) is 9.21. The first-order valence-electron chi connectivity index (χ1n) is 9.83. The number of hydrogen-bond donors (Lipinski definition) is 1. The van der Waals surface area contributed by atoms with Crippen molar-refractivity contribution in [3.63, 3.8) is 0 Å². The van der Waals surface area contributed by atoms with Crippen LogP contribution < -0.4 is 0 Å². The molecule has 0 aromatic heterocycles. The minimum Gasteiger partial charge on any atom is -0.481 e. The van der Waals surface area contributed by atoms with Crippen LogP contribution >= 0.6 is 0 Å². The molecule has 0 aromatic rings. The van der Waals surface area contributed by atoms with E-state index in [1.165, 1.54) is 30.5 Å². The molecule has 2 aliphatic carbocycles. The Labute approximate surface area is 156 Å². The van der Waals surface area contributed by atoms with Crippen LogP contribution in [-0.4, -0.2) is 34.8 Å². The Morgan fingerprint density at radius 3 is 2.81 bits per heavy atom. The Kier molecular flexibility index (Phi) is 5.80. The fourth-order valence-corrected chi connectivity index (χ4v) is 4.54. The topological polar surface area (TPSA) is 57.6 Å². The lowest BCUT2D eigenvalue weighted by molar-refractivity contribution is -0.136. The van der Waals surface area contributed by atoms with Crippen LogP contribution in [0.25, 0.3) is 0 Å². The molecule has 26 heavy (non-hydrogen) atoms. The smallest absolute Gasteiger partial charge is 0.307 e. The van der Waals surface area contributed by atoms with Crippen molar-refractivity contribution in [2.24, 2.45) is 5.41 Å². The number of carboxylic acid groups (broad SMARTS) is 1. The van der Waals surface area contributed by atoms with Crippen LogP contribution in [0.5, 0.6) is 0 Å². The highest BCUT2D eigenvalue weighted by molar-refractivity contribution is 5.93. The van der Waals surface area contributed by atoms with Gasteiger partial charge in [-0.3, -0.25) is 9.59 Å². The van der Waals surface area contributed by atoms with Crippen molar-refractivity contribution in [3.05, 3.63) is 47.2 Å². The van der Waals surface area contributed by atoms with Gasteiger partial charge < -0.3 is 10.0 Å². The third-order valence-corrected chi connectivity index (χ3v) is 5.74. The van der Waals surface area contributed by atoms with Crippen LogP contribution in [0.3, 0.4) is 0 Å². The summed E-state index contributed by atoms with van der Waals surface area (Å²) in [5.74, 6) is -0.671. The Morgan fingerprint density at radius 1 is 1.19 bits per heavy atom. The fraction of sp³-hybridized carbons (Fsp3) is 0.545. The highest BCUT2D eigenvalue weighted by atomic mass is 16.4. The second-order valence-electron chi connectivity index (χ2n) is 7.68. The molecule has 0 bridgehead atoms. The average Bonchev–Trinajstić information content (AvgIpc) is 2.74. The second-order valence-corrected chi connectivity index (χ2v) is 7.68. The zero-order valence-corrected chi connectivity index (χ0v) is 15.7. The van der Waals surface area contributed by atoms with E-state index in [-0.39, 0.29) is 17.6 Å². The van der Waals surface area contributed by atoms with Crippen LogP contribution in [0.15, 0.2) is 47.2 Å². The normalized spacial score (nSPS) is 24.9. The molecule has 1 heterocycles. The van der Waals surface area contributed by atoms with Crippen LogP contribution in [0.1, 0.15) is 58.3 Å². The molecule has 3 rings (SSSR count). The van der Waals surface area contributed by atoms with E-state index in [1.54, 1.807) is 6.08 Å². The molecule has 0 radical (unpaired) electrons. The number of carboxylic acids is 1. The molecule has 0 saturated heterocycles. The molecule has 140 valence electrons. The SMILES string of the molecule is CCCCCCN1CCC=C2C=CC(=O)CC23CC(CC(=O)O)=CC=C13. The number of ketones is 1. The van der Waals surface area contributed by atoms with E-state index >= 15 is 0 Å². The molecule has 3 aliphatic rings. The third kappa shape index (κ3) is 3.84. The number of rotatable bonds is 7. The third-order valence-electron chi connectivity index (χ3n) is 5.74. The summed E-state index contributed by atoms with van der Waals surface area (Å²) in [6.07, 6.45) is 16.9. The van der Waals surface area contributed by atoms with Gasteiger partial charge in [-0.2, -0.15) is 0 Å². The summed E-state index contributed by atoms with van der Waals surface area (Å²) in [6, 6.07) is 0. The van der Waals surface area contributed by atoms with E-state index in [4.69, 9.17) is 0 Å². The van der Waals surface area contributed by atoms with Crippen molar-refractivity contribution < 1.29 is 14.7 Å². The van der Waals surface area contributed by atoms with Gasteiger partial charge in [-0.15, -0.1) is 0 Å². The molecule has 4 heteroatoms. The molecule has 0 saturated carbocycles. The predicted octanol–water partition coefficient (Wildman–Crippen LogP) is 4.40. The van der Waals surface area contributed by atoms with E-state index in [0.717, 1.165) is 31.5 Å². The molecule has 1 N–H and O–H groups in total. The lowest BCUT2D eigenvalue weighted by atomic mass is 9.64. The monoisotopic (exact) mass is 355 g/mol. The van der Waals surface area contributed by atoms with Gasteiger partial charge in [-0.25, -0.2) is 0 Å². The summed E-state index contributed by atoms with van der Waals surface area (Å²) in [4.78, 5) is 26.0. The van der Waals surface area contributed by atoms with Gasteiger partial charge in [0, 0.05) is 30.6 Å². The molecule has 1 aliphatic heterocycles. The van der Waals surface area contributed by atoms with Crippen LogP contribution in [0.2, 0.25) is 0 Å². The molecule has 1 unspecified atom stereocenters. The van der Waals surface area contributed by atoms with Gasteiger partial charge in [0.05, 0.1) is 6.42 Å². The zero-order chi connectivity index (χ0) is 18.6. The molecule has 4 nitrogen and oxygen atoms in total. The molecule has 1 spiro atoms. The number of allylic oxidation sites excluding steroid dienone is 5. The van der Waals surface area contributed by atoms with Gasteiger partial charge >= 0.3 is 5.97 Å². The number of hydrogen-bond acceptors (Lipinski definition) is 3. The molecule has 0 amide bonds. The highest BCUT2D eigenvalue weighted by Crippen LogP contribution is 2.52. The van der Waals surface area contributed by atoms with Gasteiger partial charge in [0.2, 0.25) is 0 Å². The van der Waals surface area contributed by atoms with E-state index in [0.29, 0.717) is 12.8 Å². The summed E-state index contributed by atoms with van der Waals surface area (Å²) in [7, 11) is 0. The first-order valence-corrected chi connectivity index (χ1v) is 9.83. The van der Waals surface area contributed by atoms with E-state index < -0.39 is 5.97 Å². The minimum atomic E-state index is -0.808. The number of unbranched alkanes of at least 4 members (excludes halogenated alkanes) is 3. The summed E-state index contributed by atoms with van der Waals surface area (Å²) in [6.45, 7) is 4.19. The average molecular weight is 355 g/mol. The Bertz CT molecular complexity index is 698. The maximum Gasteiger partial charge on any atom is 0.307 e. The van der Waals surface area contributed by atoms with Crippen LogP contribution in [0, 0.1) is 5.41 Å².